The Morgan fingerprint density at radius 1 is 1.05 bits per heavy atom. The molecule has 0 aliphatic carbocycles. The van der Waals surface area contributed by atoms with Crippen molar-refractivity contribution in [2.75, 3.05) is 11.4 Å². The molecule has 0 amide bonds. The monoisotopic (exact) mass is 249 g/mol. The molecule has 1 atom stereocenters. The Balaban J connectivity index is 2.01. The molecule has 0 bridgehead atoms. The molecule has 1 heterocycles. The van der Waals surface area contributed by atoms with Gasteiger partial charge in [-0.15, -0.1) is 6.58 Å². The molecule has 0 N–H and O–H groups in total. The van der Waals surface area contributed by atoms with Gasteiger partial charge in [0, 0.05) is 12.2 Å². The van der Waals surface area contributed by atoms with E-state index in [1.165, 1.54) is 16.8 Å². The fourth-order valence-corrected chi connectivity index (χ4v) is 2.99. The van der Waals surface area contributed by atoms with Gasteiger partial charge >= 0.3 is 0 Å². The van der Waals surface area contributed by atoms with E-state index >= 15 is 0 Å². The molecule has 3 rings (SSSR count). The minimum atomic E-state index is 0.421. The number of rotatable bonds is 3. The summed E-state index contributed by atoms with van der Waals surface area (Å²) < 4.78 is 0. The van der Waals surface area contributed by atoms with Crippen LogP contribution in [0.15, 0.2) is 67.3 Å². The third-order valence-electron chi connectivity index (χ3n) is 3.89. The molecule has 0 radical (unpaired) electrons. The number of nitrogens with zero attached hydrogens (tertiary/aromatic N) is 1. The van der Waals surface area contributed by atoms with E-state index in [2.05, 4.69) is 66.1 Å². The molecule has 19 heavy (non-hydrogen) atoms. The van der Waals surface area contributed by atoms with Gasteiger partial charge in [0.2, 0.25) is 0 Å². The second-order valence-corrected chi connectivity index (χ2v) is 5.02. The zero-order valence-electron chi connectivity index (χ0n) is 11.1. The summed E-state index contributed by atoms with van der Waals surface area (Å²) in [5.74, 6) is 0. The maximum Gasteiger partial charge on any atom is 0.0579 e. The van der Waals surface area contributed by atoms with Gasteiger partial charge in [0.15, 0.2) is 0 Å². The highest BCUT2D eigenvalue weighted by Crippen LogP contribution is 2.35. The lowest BCUT2D eigenvalue weighted by molar-refractivity contribution is 0.588. The lowest BCUT2D eigenvalue weighted by Gasteiger charge is -2.38. The standard InChI is InChI=1S/C18H19N/c1-2-8-18-17-12-7-6-9-15(17)13-14-19(18)16-10-4-3-5-11-16/h2-7,9-12,18H,1,8,13-14H2. The highest BCUT2D eigenvalue weighted by Gasteiger charge is 2.25. The van der Waals surface area contributed by atoms with Crippen molar-refractivity contribution >= 4 is 5.69 Å². The van der Waals surface area contributed by atoms with Crippen molar-refractivity contribution in [3.8, 4) is 0 Å². The molecule has 0 fully saturated rings. The fraction of sp³-hybridized carbons (Fsp3) is 0.222. The van der Waals surface area contributed by atoms with Crippen LogP contribution >= 0.6 is 0 Å². The van der Waals surface area contributed by atoms with Crippen LogP contribution in [0.2, 0.25) is 0 Å². The van der Waals surface area contributed by atoms with Crippen LogP contribution in [0.4, 0.5) is 5.69 Å². The first kappa shape index (κ1) is 12.0. The van der Waals surface area contributed by atoms with E-state index in [0.29, 0.717) is 6.04 Å². The third kappa shape index (κ3) is 2.28. The van der Waals surface area contributed by atoms with Crippen molar-refractivity contribution in [2.24, 2.45) is 0 Å². The van der Waals surface area contributed by atoms with E-state index in [-0.39, 0.29) is 0 Å². The summed E-state index contributed by atoms with van der Waals surface area (Å²) in [7, 11) is 0. The Morgan fingerprint density at radius 3 is 2.58 bits per heavy atom. The van der Waals surface area contributed by atoms with E-state index in [0.717, 1.165) is 19.4 Å². The van der Waals surface area contributed by atoms with Crippen LogP contribution in [-0.2, 0) is 6.42 Å². The first-order chi connectivity index (χ1) is 9.40. The SMILES string of the molecule is C=CCC1c2ccccc2CCN1c1ccccc1. The molecule has 1 aliphatic heterocycles. The van der Waals surface area contributed by atoms with Crippen LogP contribution in [0.3, 0.4) is 0 Å². The van der Waals surface area contributed by atoms with Gasteiger partial charge in [-0.2, -0.15) is 0 Å². The van der Waals surface area contributed by atoms with Crippen molar-refractivity contribution in [2.45, 2.75) is 18.9 Å². The number of para-hydroxylation sites is 1. The molecule has 2 aromatic carbocycles. The van der Waals surface area contributed by atoms with E-state index < -0.39 is 0 Å². The summed E-state index contributed by atoms with van der Waals surface area (Å²) in [5.41, 5.74) is 4.25. The van der Waals surface area contributed by atoms with Crippen molar-refractivity contribution in [3.05, 3.63) is 78.4 Å². The Kier molecular flexibility index (Phi) is 3.37. The molecule has 96 valence electrons. The van der Waals surface area contributed by atoms with E-state index in [9.17, 15) is 0 Å². The lowest BCUT2D eigenvalue weighted by Crippen LogP contribution is -2.35. The van der Waals surface area contributed by atoms with Gasteiger partial charge in [-0.1, -0.05) is 48.5 Å². The number of benzene rings is 2. The lowest BCUT2D eigenvalue weighted by atomic mass is 9.90. The van der Waals surface area contributed by atoms with Crippen LogP contribution in [0.1, 0.15) is 23.6 Å². The number of hydrogen-bond donors (Lipinski definition) is 0. The van der Waals surface area contributed by atoms with Crippen LogP contribution in [0, 0.1) is 0 Å². The zero-order valence-corrected chi connectivity index (χ0v) is 11.1. The first-order valence-electron chi connectivity index (χ1n) is 6.90. The summed E-state index contributed by atoms with van der Waals surface area (Å²) in [6.45, 7) is 5.01. The van der Waals surface area contributed by atoms with Crippen molar-refractivity contribution in [1.82, 2.24) is 0 Å². The predicted octanol–water partition coefficient (Wildman–Crippen LogP) is 4.37. The average molecular weight is 249 g/mol. The molecule has 0 aromatic heterocycles. The minimum absolute atomic E-state index is 0.421. The van der Waals surface area contributed by atoms with Gasteiger partial charge in [0.1, 0.15) is 0 Å². The Labute approximate surface area is 115 Å². The molecule has 1 aliphatic rings. The van der Waals surface area contributed by atoms with E-state index in [4.69, 9.17) is 0 Å². The summed E-state index contributed by atoms with van der Waals surface area (Å²) in [4.78, 5) is 2.50. The summed E-state index contributed by atoms with van der Waals surface area (Å²) >= 11 is 0. The van der Waals surface area contributed by atoms with Gasteiger partial charge in [0.25, 0.3) is 0 Å². The van der Waals surface area contributed by atoms with Gasteiger partial charge in [-0.25, -0.2) is 0 Å². The second kappa shape index (κ2) is 5.31. The first-order valence-corrected chi connectivity index (χ1v) is 6.90. The van der Waals surface area contributed by atoms with Crippen molar-refractivity contribution in [3.63, 3.8) is 0 Å². The zero-order chi connectivity index (χ0) is 13.1. The van der Waals surface area contributed by atoms with Crippen LogP contribution in [-0.4, -0.2) is 6.54 Å². The third-order valence-corrected chi connectivity index (χ3v) is 3.89. The number of hydrogen-bond acceptors (Lipinski definition) is 1. The predicted molar refractivity (Wildman–Crippen MR) is 81.5 cm³/mol. The van der Waals surface area contributed by atoms with Crippen LogP contribution in [0.5, 0.6) is 0 Å². The topological polar surface area (TPSA) is 3.24 Å². The van der Waals surface area contributed by atoms with Crippen molar-refractivity contribution in [1.29, 1.82) is 0 Å². The summed E-state index contributed by atoms with van der Waals surface area (Å²) in [6, 6.07) is 19.9. The second-order valence-electron chi connectivity index (χ2n) is 5.02. The minimum Gasteiger partial charge on any atom is -0.364 e. The van der Waals surface area contributed by atoms with E-state index in [1.54, 1.807) is 0 Å². The average Bonchev–Trinajstić information content (AvgIpc) is 2.49. The number of fused-ring (bicyclic) bond motifs is 1. The maximum atomic E-state index is 3.93. The van der Waals surface area contributed by atoms with Crippen molar-refractivity contribution < 1.29 is 0 Å². The molecule has 0 saturated heterocycles. The molecule has 0 spiro atoms. The normalized spacial score (nSPS) is 17.9. The molecule has 1 heteroatoms. The highest BCUT2D eigenvalue weighted by atomic mass is 15.2. The van der Waals surface area contributed by atoms with Crippen LogP contribution < -0.4 is 4.90 Å². The quantitative estimate of drug-likeness (QED) is 0.730. The molecule has 2 aromatic rings. The summed E-state index contributed by atoms with van der Waals surface area (Å²) in [5, 5.41) is 0. The van der Waals surface area contributed by atoms with Gasteiger partial charge in [-0.05, 0) is 36.1 Å². The molecule has 0 saturated carbocycles. The van der Waals surface area contributed by atoms with E-state index in [1.807, 2.05) is 6.08 Å². The Morgan fingerprint density at radius 2 is 1.79 bits per heavy atom. The highest BCUT2D eigenvalue weighted by molar-refractivity contribution is 5.52. The van der Waals surface area contributed by atoms with Gasteiger partial charge < -0.3 is 4.90 Å². The molecule has 1 unspecified atom stereocenters. The Hall–Kier alpha value is -2.02. The maximum absolute atomic E-state index is 3.93. The molecular formula is C18H19N. The molecular weight excluding hydrogens is 230 g/mol. The number of anilines is 1. The van der Waals surface area contributed by atoms with Crippen LogP contribution in [0.25, 0.3) is 0 Å². The fourth-order valence-electron chi connectivity index (χ4n) is 2.99. The molecule has 1 nitrogen and oxygen atoms in total. The largest absolute Gasteiger partial charge is 0.364 e. The smallest absolute Gasteiger partial charge is 0.0579 e. The Bertz CT molecular complexity index is 559. The summed E-state index contributed by atoms with van der Waals surface area (Å²) in [6.07, 6.45) is 4.15. The van der Waals surface area contributed by atoms with Gasteiger partial charge in [0.05, 0.1) is 6.04 Å². The van der Waals surface area contributed by atoms with Gasteiger partial charge in [-0.3, -0.25) is 0 Å².